The van der Waals surface area contributed by atoms with Gasteiger partial charge in [0.05, 0.1) is 26.1 Å². The number of aliphatic hydroxyl groups excluding tert-OH is 1. The van der Waals surface area contributed by atoms with Crippen LogP contribution in [0, 0.1) is 0 Å². The van der Waals surface area contributed by atoms with Crippen molar-refractivity contribution in [2.75, 3.05) is 33.4 Å². The van der Waals surface area contributed by atoms with Crippen LogP contribution in [0.25, 0.3) is 0 Å². The first-order chi connectivity index (χ1) is 8.24. The van der Waals surface area contributed by atoms with Gasteiger partial charge in [-0.3, -0.25) is 4.79 Å². The summed E-state index contributed by atoms with van der Waals surface area (Å²) in [6, 6.07) is 0. The molecule has 6 heteroatoms. The Morgan fingerprint density at radius 1 is 1.53 bits per heavy atom. The van der Waals surface area contributed by atoms with E-state index < -0.39 is 0 Å². The molecule has 0 fully saturated rings. The molecule has 1 amide bonds. The highest BCUT2D eigenvalue weighted by Crippen LogP contribution is 1.95. The van der Waals surface area contributed by atoms with Gasteiger partial charge < -0.3 is 19.3 Å². The normalized spacial score (nSPS) is 10.5. The van der Waals surface area contributed by atoms with Gasteiger partial charge in [0, 0.05) is 39.0 Å². The summed E-state index contributed by atoms with van der Waals surface area (Å²) >= 11 is 0. The van der Waals surface area contributed by atoms with Crippen molar-refractivity contribution >= 4 is 5.91 Å². The molecule has 0 saturated heterocycles. The fraction of sp³-hybridized carbons (Fsp3) is 0.636. The van der Waals surface area contributed by atoms with Crippen LogP contribution in [-0.2, 0) is 16.1 Å². The summed E-state index contributed by atoms with van der Waals surface area (Å²) in [4.78, 5) is 17.2. The van der Waals surface area contributed by atoms with E-state index in [4.69, 9.17) is 9.84 Å². The summed E-state index contributed by atoms with van der Waals surface area (Å²) in [6.45, 7) is 1.96. The van der Waals surface area contributed by atoms with Crippen LogP contribution in [0.2, 0.25) is 0 Å². The molecule has 0 atom stereocenters. The number of carbonyl (C=O) groups is 1. The van der Waals surface area contributed by atoms with Crippen LogP contribution in [0.4, 0.5) is 0 Å². The Kier molecular flexibility index (Phi) is 6.27. The molecule has 0 aromatic carbocycles. The van der Waals surface area contributed by atoms with Gasteiger partial charge in [0.1, 0.15) is 0 Å². The molecular formula is C11H19N3O3. The van der Waals surface area contributed by atoms with Crippen molar-refractivity contribution in [3.05, 3.63) is 18.7 Å². The maximum Gasteiger partial charge on any atom is 0.224 e. The van der Waals surface area contributed by atoms with Crippen LogP contribution >= 0.6 is 0 Å². The molecule has 1 aromatic heterocycles. The number of aryl methyl sites for hydroxylation is 1. The van der Waals surface area contributed by atoms with Crippen molar-refractivity contribution in [1.82, 2.24) is 14.5 Å². The Balaban J connectivity index is 2.13. The van der Waals surface area contributed by atoms with Gasteiger partial charge in [0.15, 0.2) is 0 Å². The molecule has 17 heavy (non-hydrogen) atoms. The zero-order valence-electron chi connectivity index (χ0n) is 10.1. The molecule has 1 aromatic rings. The van der Waals surface area contributed by atoms with Crippen molar-refractivity contribution in [1.29, 1.82) is 0 Å². The number of hydrogen-bond donors (Lipinski definition) is 1. The Bertz CT molecular complexity index is 314. The molecule has 96 valence electrons. The van der Waals surface area contributed by atoms with Crippen LogP contribution in [0.3, 0.4) is 0 Å². The molecule has 0 spiro atoms. The lowest BCUT2D eigenvalue weighted by Gasteiger charge is -2.17. The summed E-state index contributed by atoms with van der Waals surface area (Å²) in [5.74, 6) is 0.0753. The predicted molar refractivity (Wildman–Crippen MR) is 62.4 cm³/mol. The third-order valence-corrected chi connectivity index (χ3v) is 2.38. The molecule has 1 heterocycles. The maximum atomic E-state index is 11.7. The van der Waals surface area contributed by atoms with Crippen molar-refractivity contribution in [3.8, 4) is 0 Å². The average molecular weight is 241 g/mol. The Labute approximate surface area is 101 Å². The van der Waals surface area contributed by atoms with Gasteiger partial charge in [-0.1, -0.05) is 0 Å². The van der Waals surface area contributed by atoms with E-state index in [1.165, 1.54) is 0 Å². The van der Waals surface area contributed by atoms with Crippen molar-refractivity contribution in [2.45, 2.75) is 13.0 Å². The highest BCUT2D eigenvalue weighted by Gasteiger charge is 2.08. The zero-order valence-corrected chi connectivity index (χ0v) is 10.1. The van der Waals surface area contributed by atoms with Crippen LogP contribution in [-0.4, -0.2) is 58.9 Å². The first kappa shape index (κ1) is 13.7. The number of imidazole rings is 1. The largest absolute Gasteiger partial charge is 0.394 e. The van der Waals surface area contributed by atoms with Crippen LogP contribution in [0.5, 0.6) is 0 Å². The standard InChI is InChI=1S/C11H19N3O3/c1-13(6-8-17-9-7-15)11(16)2-4-14-5-3-12-10-14/h3,5,10,15H,2,4,6-9H2,1H3. The van der Waals surface area contributed by atoms with Gasteiger partial charge in [-0.05, 0) is 0 Å². The lowest BCUT2D eigenvalue weighted by molar-refractivity contribution is -0.130. The number of likely N-dealkylation sites (N-methyl/N-ethyl adjacent to an activating group) is 1. The maximum absolute atomic E-state index is 11.7. The number of amides is 1. The smallest absolute Gasteiger partial charge is 0.224 e. The number of aliphatic hydroxyl groups is 1. The molecular weight excluding hydrogens is 222 g/mol. The van der Waals surface area contributed by atoms with Crippen molar-refractivity contribution in [2.24, 2.45) is 0 Å². The molecule has 0 saturated carbocycles. The Morgan fingerprint density at radius 2 is 2.35 bits per heavy atom. The minimum Gasteiger partial charge on any atom is -0.394 e. The summed E-state index contributed by atoms with van der Waals surface area (Å²) in [5, 5.41) is 8.52. The van der Waals surface area contributed by atoms with E-state index in [0.717, 1.165) is 0 Å². The minimum absolute atomic E-state index is 0.0122. The summed E-state index contributed by atoms with van der Waals surface area (Å²) < 4.78 is 6.96. The van der Waals surface area contributed by atoms with Gasteiger partial charge in [-0.15, -0.1) is 0 Å². The topological polar surface area (TPSA) is 67.6 Å². The minimum atomic E-state index is 0.0122. The van der Waals surface area contributed by atoms with E-state index in [0.29, 0.717) is 32.7 Å². The van der Waals surface area contributed by atoms with Crippen LogP contribution < -0.4 is 0 Å². The molecule has 0 unspecified atom stereocenters. The molecule has 0 bridgehead atoms. The van der Waals surface area contributed by atoms with Gasteiger partial charge in [0.2, 0.25) is 5.91 Å². The molecule has 0 radical (unpaired) electrons. The second-order valence-corrected chi connectivity index (χ2v) is 3.70. The highest BCUT2D eigenvalue weighted by molar-refractivity contribution is 5.75. The molecule has 1 rings (SSSR count). The monoisotopic (exact) mass is 241 g/mol. The van der Waals surface area contributed by atoms with E-state index in [1.807, 2.05) is 10.8 Å². The summed E-state index contributed by atoms with van der Waals surface area (Å²) in [6.07, 6.45) is 5.67. The first-order valence-corrected chi connectivity index (χ1v) is 5.62. The number of aromatic nitrogens is 2. The van der Waals surface area contributed by atoms with Gasteiger partial charge in [-0.2, -0.15) is 0 Å². The third-order valence-electron chi connectivity index (χ3n) is 2.38. The van der Waals surface area contributed by atoms with E-state index in [1.54, 1.807) is 24.5 Å². The average Bonchev–Trinajstić information content (AvgIpc) is 2.84. The number of nitrogens with zero attached hydrogens (tertiary/aromatic N) is 3. The predicted octanol–water partition coefficient (Wildman–Crippen LogP) is -0.259. The SMILES string of the molecule is CN(CCOCCO)C(=O)CCn1ccnc1. The number of ether oxygens (including phenoxy) is 1. The molecule has 0 aliphatic carbocycles. The second kappa shape index (κ2) is 7.81. The fourth-order valence-corrected chi connectivity index (χ4v) is 1.33. The van der Waals surface area contributed by atoms with E-state index in [-0.39, 0.29) is 12.5 Å². The molecule has 0 aliphatic heterocycles. The van der Waals surface area contributed by atoms with Gasteiger partial charge in [0.25, 0.3) is 0 Å². The van der Waals surface area contributed by atoms with Crippen molar-refractivity contribution in [3.63, 3.8) is 0 Å². The lowest BCUT2D eigenvalue weighted by Crippen LogP contribution is -2.30. The molecule has 6 nitrogen and oxygen atoms in total. The quantitative estimate of drug-likeness (QED) is 0.637. The lowest BCUT2D eigenvalue weighted by atomic mass is 10.3. The molecule has 1 N–H and O–H groups in total. The third kappa shape index (κ3) is 5.46. The second-order valence-electron chi connectivity index (χ2n) is 3.70. The van der Waals surface area contributed by atoms with Gasteiger partial charge >= 0.3 is 0 Å². The number of carbonyl (C=O) groups excluding carboxylic acids is 1. The van der Waals surface area contributed by atoms with Gasteiger partial charge in [-0.25, -0.2) is 4.98 Å². The Hall–Kier alpha value is -1.40. The van der Waals surface area contributed by atoms with Crippen molar-refractivity contribution < 1.29 is 14.6 Å². The fourth-order valence-electron chi connectivity index (χ4n) is 1.33. The van der Waals surface area contributed by atoms with E-state index in [9.17, 15) is 4.79 Å². The summed E-state index contributed by atoms with van der Waals surface area (Å²) in [5.41, 5.74) is 0. The number of hydrogen-bond acceptors (Lipinski definition) is 4. The first-order valence-electron chi connectivity index (χ1n) is 5.62. The Morgan fingerprint density at radius 3 is 3.00 bits per heavy atom. The van der Waals surface area contributed by atoms with E-state index in [2.05, 4.69) is 4.98 Å². The van der Waals surface area contributed by atoms with E-state index >= 15 is 0 Å². The number of rotatable bonds is 8. The summed E-state index contributed by atoms with van der Waals surface area (Å²) in [7, 11) is 1.75. The van der Waals surface area contributed by atoms with Crippen LogP contribution in [0.1, 0.15) is 6.42 Å². The molecule has 0 aliphatic rings. The highest BCUT2D eigenvalue weighted by atomic mass is 16.5. The van der Waals surface area contributed by atoms with Crippen LogP contribution in [0.15, 0.2) is 18.7 Å². The zero-order chi connectivity index (χ0) is 12.5.